The fourth-order valence-corrected chi connectivity index (χ4v) is 1.71. The fraction of sp³-hybridized carbons (Fsp3) is 0.400. The number of hydrogen-bond donors (Lipinski definition) is 2. The van der Waals surface area contributed by atoms with E-state index in [4.69, 9.17) is 0 Å². The van der Waals surface area contributed by atoms with Crippen LogP contribution in [0.5, 0.6) is 0 Å². The molecule has 0 spiro atoms. The number of rotatable bonds is 1. The summed E-state index contributed by atoms with van der Waals surface area (Å²) in [6.45, 7) is 1.36. The molecule has 1 aromatic rings. The highest BCUT2D eigenvalue weighted by Crippen LogP contribution is 2.07. The molecule has 0 aliphatic carbocycles. The standard InChI is InChI=1S/C10H12N2O3.2ClH/c1-15-10(14)7-5-12-8-2-3-11-4-6(8)9(7)13;;/h5,11H,2-4H2,1H3,(H,12,13);2*1H. The zero-order valence-corrected chi connectivity index (χ0v) is 10.9. The Hall–Kier alpha value is -1.04. The first kappa shape index (κ1) is 16.0. The molecule has 0 unspecified atom stereocenters. The Balaban J connectivity index is 0.00000128. The maximum absolute atomic E-state index is 11.9. The number of aromatic nitrogens is 1. The molecule has 0 saturated carbocycles. The van der Waals surface area contributed by atoms with Gasteiger partial charge in [-0.2, -0.15) is 0 Å². The molecule has 17 heavy (non-hydrogen) atoms. The van der Waals surface area contributed by atoms with E-state index in [2.05, 4.69) is 15.0 Å². The van der Waals surface area contributed by atoms with Crippen molar-refractivity contribution in [3.8, 4) is 0 Å². The minimum atomic E-state index is -0.593. The summed E-state index contributed by atoms with van der Waals surface area (Å²) in [6, 6.07) is 0. The van der Waals surface area contributed by atoms with Crippen LogP contribution in [0.1, 0.15) is 21.6 Å². The number of aromatic amines is 1. The van der Waals surface area contributed by atoms with E-state index in [0.717, 1.165) is 18.7 Å². The van der Waals surface area contributed by atoms with Crippen LogP contribution in [-0.4, -0.2) is 24.6 Å². The Morgan fingerprint density at radius 2 is 2.12 bits per heavy atom. The molecule has 0 saturated heterocycles. The van der Waals surface area contributed by atoms with Gasteiger partial charge in [0.15, 0.2) is 0 Å². The Kier molecular flexibility index (Phi) is 6.23. The summed E-state index contributed by atoms with van der Waals surface area (Å²) in [4.78, 5) is 26.1. The zero-order chi connectivity index (χ0) is 10.8. The van der Waals surface area contributed by atoms with Gasteiger partial charge in [-0.3, -0.25) is 4.79 Å². The molecule has 96 valence electrons. The second-order valence-corrected chi connectivity index (χ2v) is 3.41. The molecule has 0 fully saturated rings. The highest BCUT2D eigenvalue weighted by Gasteiger charge is 2.18. The van der Waals surface area contributed by atoms with Crippen LogP contribution in [0.15, 0.2) is 11.0 Å². The molecule has 7 heteroatoms. The number of nitrogens with one attached hydrogen (secondary N) is 2. The van der Waals surface area contributed by atoms with Crippen molar-refractivity contribution < 1.29 is 9.53 Å². The van der Waals surface area contributed by atoms with Crippen LogP contribution in [0.4, 0.5) is 0 Å². The van der Waals surface area contributed by atoms with Gasteiger partial charge in [0.1, 0.15) is 5.56 Å². The second kappa shape index (κ2) is 6.64. The molecular weight excluding hydrogens is 267 g/mol. The minimum Gasteiger partial charge on any atom is -0.465 e. The van der Waals surface area contributed by atoms with E-state index < -0.39 is 5.97 Å². The molecule has 5 nitrogen and oxygen atoms in total. The summed E-state index contributed by atoms with van der Waals surface area (Å²) in [6.07, 6.45) is 2.21. The number of carbonyl (C=O) groups is 1. The van der Waals surface area contributed by atoms with Gasteiger partial charge in [0.05, 0.1) is 7.11 Å². The van der Waals surface area contributed by atoms with Gasteiger partial charge in [-0.15, -0.1) is 24.8 Å². The molecule has 0 atom stereocenters. The average molecular weight is 281 g/mol. The van der Waals surface area contributed by atoms with E-state index in [0.29, 0.717) is 12.1 Å². The monoisotopic (exact) mass is 280 g/mol. The molecular formula is C10H14Cl2N2O3. The number of pyridine rings is 1. The van der Waals surface area contributed by atoms with Crippen molar-refractivity contribution in [2.24, 2.45) is 0 Å². The molecule has 1 aromatic heterocycles. The van der Waals surface area contributed by atoms with Gasteiger partial charge < -0.3 is 15.0 Å². The van der Waals surface area contributed by atoms with Crippen molar-refractivity contribution in [1.29, 1.82) is 0 Å². The number of halogens is 2. The molecule has 1 aliphatic heterocycles. The highest BCUT2D eigenvalue weighted by molar-refractivity contribution is 5.89. The van der Waals surface area contributed by atoms with Crippen LogP contribution in [0, 0.1) is 0 Å². The molecule has 0 radical (unpaired) electrons. The number of fused-ring (bicyclic) bond motifs is 1. The van der Waals surface area contributed by atoms with Gasteiger partial charge >= 0.3 is 5.97 Å². The van der Waals surface area contributed by atoms with Crippen LogP contribution in [0.3, 0.4) is 0 Å². The summed E-state index contributed by atoms with van der Waals surface area (Å²) >= 11 is 0. The molecule has 2 N–H and O–H groups in total. The van der Waals surface area contributed by atoms with Gasteiger partial charge in [0.2, 0.25) is 5.43 Å². The van der Waals surface area contributed by atoms with E-state index in [1.807, 2.05) is 0 Å². The largest absolute Gasteiger partial charge is 0.465 e. The molecule has 0 amide bonds. The third-order valence-corrected chi connectivity index (χ3v) is 2.53. The number of esters is 1. The molecule has 1 aliphatic rings. The van der Waals surface area contributed by atoms with Crippen LogP contribution in [0.2, 0.25) is 0 Å². The Morgan fingerprint density at radius 3 is 2.76 bits per heavy atom. The predicted octanol–water partition coefficient (Wildman–Crippen LogP) is 0.651. The predicted molar refractivity (Wildman–Crippen MR) is 68.3 cm³/mol. The summed E-state index contributed by atoms with van der Waals surface area (Å²) in [7, 11) is 1.26. The molecule has 0 aromatic carbocycles. The van der Waals surface area contributed by atoms with Crippen LogP contribution in [0.25, 0.3) is 0 Å². The quantitative estimate of drug-likeness (QED) is 0.741. The average Bonchev–Trinajstić information content (AvgIpc) is 2.29. The van der Waals surface area contributed by atoms with Crippen molar-refractivity contribution in [1.82, 2.24) is 10.3 Å². The third kappa shape index (κ3) is 3.00. The van der Waals surface area contributed by atoms with E-state index in [1.165, 1.54) is 13.3 Å². The summed E-state index contributed by atoms with van der Waals surface area (Å²) < 4.78 is 4.53. The summed E-state index contributed by atoms with van der Waals surface area (Å²) in [5.41, 5.74) is 1.39. The molecule has 2 heterocycles. The Labute approximate surface area is 111 Å². The molecule has 0 bridgehead atoms. The minimum absolute atomic E-state index is 0. The SMILES string of the molecule is COC(=O)c1c[nH]c2c(c1=O)CNCC2.Cl.Cl. The highest BCUT2D eigenvalue weighted by atomic mass is 35.5. The fourth-order valence-electron chi connectivity index (χ4n) is 1.71. The number of H-pyrrole nitrogens is 1. The van der Waals surface area contributed by atoms with Crippen molar-refractivity contribution in [2.45, 2.75) is 13.0 Å². The van der Waals surface area contributed by atoms with Crippen molar-refractivity contribution in [2.75, 3.05) is 13.7 Å². The lowest BCUT2D eigenvalue weighted by Gasteiger charge is -2.16. The van der Waals surface area contributed by atoms with E-state index >= 15 is 0 Å². The zero-order valence-electron chi connectivity index (χ0n) is 9.24. The van der Waals surface area contributed by atoms with Gasteiger partial charge in [0.25, 0.3) is 0 Å². The Bertz CT molecular complexity index is 459. The number of hydrogen-bond acceptors (Lipinski definition) is 4. The smallest absolute Gasteiger partial charge is 0.343 e. The van der Waals surface area contributed by atoms with Crippen LogP contribution >= 0.6 is 24.8 Å². The maximum atomic E-state index is 11.9. The van der Waals surface area contributed by atoms with E-state index in [-0.39, 0.29) is 35.8 Å². The van der Waals surface area contributed by atoms with Gasteiger partial charge in [0, 0.05) is 37.0 Å². The Morgan fingerprint density at radius 1 is 1.41 bits per heavy atom. The van der Waals surface area contributed by atoms with Gasteiger partial charge in [-0.25, -0.2) is 4.79 Å². The van der Waals surface area contributed by atoms with Crippen LogP contribution in [-0.2, 0) is 17.7 Å². The van der Waals surface area contributed by atoms with Crippen molar-refractivity contribution >= 4 is 30.8 Å². The normalized spacial score (nSPS) is 12.8. The van der Waals surface area contributed by atoms with Gasteiger partial charge in [-0.1, -0.05) is 0 Å². The lowest BCUT2D eigenvalue weighted by atomic mass is 10.0. The van der Waals surface area contributed by atoms with Crippen LogP contribution < -0.4 is 10.7 Å². The maximum Gasteiger partial charge on any atom is 0.343 e. The topological polar surface area (TPSA) is 71.2 Å². The van der Waals surface area contributed by atoms with E-state index in [1.54, 1.807) is 0 Å². The van der Waals surface area contributed by atoms with Crippen molar-refractivity contribution in [3.05, 3.63) is 33.2 Å². The third-order valence-electron chi connectivity index (χ3n) is 2.53. The summed E-state index contributed by atoms with van der Waals surface area (Å²) in [5.74, 6) is -0.593. The lowest BCUT2D eigenvalue weighted by Crippen LogP contribution is -2.32. The van der Waals surface area contributed by atoms with Gasteiger partial charge in [-0.05, 0) is 0 Å². The number of ether oxygens (including phenoxy) is 1. The molecule has 2 rings (SSSR count). The first-order valence-corrected chi connectivity index (χ1v) is 4.76. The van der Waals surface area contributed by atoms with Crippen molar-refractivity contribution in [3.63, 3.8) is 0 Å². The number of carbonyl (C=O) groups excluding carboxylic acids is 1. The first-order valence-electron chi connectivity index (χ1n) is 4.76. The van der Waals surface area contributed by atoms with E-state index in [9.17, 15) is 9.59 Å². The second-order valence-electron chi connectivity index (χ2n) is 3.41. The summed E-state index contributed by atoms with van der Waals surface area (Å²) in [5, 5.41) is 3.09. The number of methoxy groups -OCH3 is 1. The first-order chi connectivity index (χ1) is 7.24. The lowest BCUT2D eigenvalue weighted by molar-refractivity contribution is 0.0598.